The minimum Gasteiger partial charge on any atom is -0.355 e. The molecule has 3 heterocycles. The molecule has 4 rings (SSSR count). The molecule has 1 saturated carbocycles. The summed E-state index contributed by atoms with van der Waals surface area (Å²) in [6, 6.07) is 0. The number of aryl methyl sites for hydroxylation is 2. The summed E-state index contributed by atoms with van der Waals surface area (Å²) < 4.78 is 0. The van der Waals surface area contributed by atoms with Gasteiger partial charge in [-0.05, 0) is 44.4 Å². The van der Waals surface area contributed by atoms with Crippen LogP contribution in [0.25, 0.3) is 11.4 Å². The standard InChI is InChI=1S/C20H26ClN5/c1-13-5-4-6-20(13)7-9-26(10-8-20)17-12-23-19(15(3)25-17)18-14(2)24-16(21)11-22-18/h11-13H,4-10H2,1-3H3/t13-/m1/s1. The molecule has 6 heteroatoms. The molecule has 2 aromatic rings. The normalized spacial score (nSPS) is 22.2. The highest BCUT2D eigenvalue weighted by Gasteiger charge is 2.42. The van der Waals surface area contributed by atoms with Crippen LogP contribution in [0.2, 0.25) is 5.15 Å². The minimum absolute atomic E-state index is 0.400. The zero-order valence-corrected chi connectivity index (χ0v) is 16.6. The number of piperidine rings is 1. The van der Waals surface area contributed by atoms with E-state index in [1.54, 1.807) is 6.20 Å². The molecule has 0 amide bonds. The highest BCUT2D eigenvalue weighted by molar-refractivity contribution is 6.29. The average molecular weight is 372 g/mol. The number of nitrogens with zero attached hydrogens (tertiary/aromatic N) is 5. The highest BCUT2D eigenvalue weighted by Crippen LogP contribution is 2.50. The monoisotopic (exact) mass is 371 g/mol. The van der Waals surface area contributed by atoms with Crippen molar-refractivity contribution in [2.75, 3.05) is 18.0 Å². The SMILES string of the molecule is Cc1nc(Cl)cnc1-c1ncc(N2CCC3(CCC[C@H]3C)CC2)nc1C. The van der Waals surface area contributed by atoms with Crippen molar-refractivity contribution in [2.45, 2.75) is 52.9 Å². The lowest BCUT2D eigenvalue weighted by molar-refractivity contribution is 0.161. The maximum Gasteiger partial charge on any atom is 0.147 e. The first-order valence-corrected chi connectivity index (χ1v) is 9.94. The molecule has 0 unspecified atom stereocenters. The van der Waals surface area contributed by atoms with Crippen LogP contribution in [0.3, 0.4) is 0 Å². The molecular formula is C20H26ClN5. The predicted molar refractivity (Wildman–Crippen MR) is 104 cm³/mol. The molecule has 2 fully saturated rings. The van der Waals surface area contributed by atoms with Gasteiger partial charge >= 0.3 is 0 Å². The van der Waals surface area contributed by atoms with E-state index in [9.17, 15) is 0 Å². The van der Waals surface area contributed by atoms with Gasteiger partial charge in [0.15, 0.2) is 0 Å². The Morgan fingerprint density at radius 3 is 2.23 bits per heavy atom. The second kappa shape index (κ2) is 6.76. The Morgan fingerprint density at radius 1 is 1.00 bits per heavy atom. The fourth-order valence-electron chi connectivity index (χ4n) is 4.78. The van der Waals surface area contributed by atoms with Gasteiger partial charge in [0.25, 0.3) is 0 Å². The molecule has 1 atom stereocenters. The van der Waals surface area contributed by atoms with Crippen molar-refractivity contribution in [3.63, 3.8) is 0 Å². The summed E-state index contributed by atoms with van der Waals surface area (Å²) in [6.07, 6.45) is 10.2. The summed E-state index contributed by atoms with van der Waals surface area (Å²) in [5.74, 6) is 1.85. The van der Waals surface area contributed by atoms with Gasteiger partial charge in [0.2, 0.25) is 0 Å². The van der Waals surface area contributed by atoms with E-state index in [0.29, 0.717) is 10.6 Å². The van der Waals surface area contributed by atoms with Crippen molar-refractivity contribution in [1.29, 1.82) is 0 Å². The van der Waals surface area contributed by atoms with E-state index in [1.165, 1.54) is 32.1 Å². The first-order chi connectivity index (χ1) is 12.5. The Kier molecular flexibility index (Phi) is 4.59. The number of hydrogen-bond acceptors (Lipinski definition) is 5. The van der Waals surface area contributed by atoms with E-state index in [-0.39, 0.29) is 0 Å². The predicted octanol–water partition coefficient (Wildman–Crippen LogP) is 4.61. The lowest BCUT2D eigenvalue weighted by atomic mass is 9.71. The van der Waals surface area contributed by atoms with Gasteiger partial charge in [-0.3, -0.25) is 0 Å². The molecule has 26 heavy (non-hydrogen) atoms. The van der Waals surface area contributed by atoms with Gasteiger partial charge in [-0.2, -0.15) is 0 Å². The fourth-order valence-corrected chi connectivity index (χ4v) is 4.95. The van der Waals surface area contributed by atoms with Gasteiger partial charge < -0.3 is 4.90 Å². The van der Waals surface area contributed by atoms with E-state index in [2.05, 4.69) is 26.8 Å². The van der Waals surface area contributed by atoms with Crippen LogP contribution in [0.4, 0.5) is 5.82 Å². The summed E-state index contributed by atoms with van der Waals surface area (Å²) in [7, 11) is 0. The molecule has 0 N–H and O–H groups in total. The number of rotatable bonds is 2. The molecule has 0 bridgehead atoms. The summed E-state index contributed by atoms with van der Waals surface area (Å²) in [5.41, 5.74) is 3.78. The maximum absolute atomic E-state index is 5.92. The van der Waals surface area contributed by atoms with E-state index < -0.39 is 0 Å². The fraction of sp³-hybridized carbons (Fsp3) is 0.600. The smallest absolute Gasteiger partial charge is 0.147 e. The van der Waals surface area contributed by atoms with Gasteiger partial charge in [-0.15, -0.1) is 0 Å². The second-order valence-corrected chi connectivity index (χ2v) is 8.32. The van der Waals surface area contributed by atoms with E-state index in [1.807, 2.05) is 20.0 Å². The van der Waals surface area contributed by atoms with Crippen molar-refractivity contribution in [1.82, 2.24) is 19.9 Å². The molecule has 1 aliphatic carbocycles. The molecule has 138 valence electrons. The average Bonchev–Trinajstić information content (AvgIpc) is 2.96. The van der Waals surface area contributed by atoms with Crippen LogP contribution in [0.5, 0.6) is 0 Å². The van der Waals surface area contributed by atoms with E-state index in [0.717, 1.165) is 47.6 Å². The van der Waals surface area contributed by atoms with Gasteiger partial charge in [-0.1, -0.05) is 31.4 Å². The Balaban J connectivity index is 1.53. The summed E-state index contributed by atoms with van der Waals surface area (Å²) >= 11 is 5.92. The Morgan fingerprint density at radius 2 is 1.65 bits per heavy atom. The topological polar surface area (TPSA) is 54.8 Å². The zero-order chi connectivity index (χ0) is 18.3. The largest absolute Gasteiger partial charge is 0.355 e. The number of anilines is 1. The lowest BCUT2D eigenvalue weighted by Crippen LogP contribution is -2.41. The van der Waals surface area contributed by atoms with Crippen molar-refractivity contribution in [3.8, 4) is 11.4 Å². The Bertz CT molecular complexity index is 814. The molecule has 2 aliphatic rings. The molecule has 5 nitrogen and oxygen atoms in total. The first kappa shape index (κ1) is 17.7. The zero-order valence-electron chi connectivity index (χ0n) is 15.8. The van der Waals surface area contributed by atoms with Crippen LogP contribution >= 0.6 is 11.6 Å². The van der Waals surface area contributed by atoms with Crippen LogP contribution in [0.15, 0.2) is 12.4 Å². The van der Waals surface area contributed by atoms with Crippen molar-refractivity contribution < 1.29 is 0 Å². The van der Waals surface area contributed by atoms with Crippen molar-refractivity contribution >= 4 is 17.4 Å². The van der Waals surface area contributed by atoms with E-state index >= 15 is 0 Å². The first-order valence-electron chi connectivity index (χ1n) is 9.57. The van der Waals surface area contributed by atoms with Crippen LogP contribution in [0, 0.1) is 25.2 Å². The Labute approximate surface area is 160 Å². The molecule has 0 aromatic carbocycles. The lowest BCUT2D eigenvalue weighted by Gasteiger charge is -2.42. The molecule has 1 aliphatic heterocycles. The molecule has 1 spiro atoms. The summed E-state index contributed by atoms with van der Waals surface area (Å²) in [6.45, 7) is 8.49. The van der Waals surface area contributed by atoms with Gasteiger partial charge in [0.05, 0.1) is 23.8 Å². The van der Waals surface area contributed by atoms with Crippen LogP contribution in [-0.4, -0.2) is 33.0 Å². The number of aromatic nitrogens is 4. The van der Waals surface area contributed by atoms with Gasteiger partial charge in [0.1, 0.15) is 22.4 Å². The molecule has 2 aromatic heterocycles. The molecule has 1 saturated heterocycles. The molecule has 0 radical (unpaired) electrons. The maximum atomic E-state index is 5.92. The summed E-state index contributed by atoms with van der Waals surface area (Å²) in [4.78, 5) is 20.6. The van der Waals surface area contributed by atoms with Crippen LogP contribution in [-0.2, 0) is 0 Å². The van der Waals surface area contributed by atoms with Crippen LogP contribution in [0.1, 0.15) is 50.4 Å². The van der Waals surface area contributed by atoms with Crippen molar-refractivity contribution in [2.24, 2.45) is 11.3 Å². The minimum atomic E-state index is 0.400. The number of hydrogen-bond donors (Lipinski definition) is 0. The number of halogens is 1. The van der Waals surface area contributed by atoms with Gasteiger partial charge in [-0.25, -0.2) is 19.9 Å². The van der Waals surface area contributed by atoms with E-state index in [4.69, 9.17) is 16.6 Å². The molecular weight excluding hydrogens is 346 g/mol. The Hall–Kier alpha value is -1.75. The third-order valence-corrected chi connectivity index (χ3v) is 6.70. The van der Waals surface area contributed by atoms with Gasteiger partial charge in [0, 0.05) is 13.1 Å². The third-order valence-electron chi connectivity index (χ3n) is 6.52. The van der Waals surface area contributed by atoms with Crippen LogP contribution < -0.4 is 4.90 Å². The summed E-state index contributed by atoms with van der Waals surface area (Å²) in [5, 5.41) is 0.400. The van der Waals surface area contributed by atoms with Crippen molar-refractivity contribution in [3.05, 3.63) is 28.9 Å². The quantitative estimate of drug-likeness (QED) is 0.771. The second-order valence-electron chi connectivity index (χ2n) is 7.93. The third kappa shape index (κ3) is 3.07. The highest BCUT2D eigenvalue weighted by atomic mass is 35.5.